The largest absolute Gasteiger partial charge is 0.458 e. The van der Waals surface area contributed by atoms with Crippen molar-refractivity contribution in [3.8, 4) is 11.8 Å². The van der Waals surface area contributed by atoms with Gasteiger partial charge < -0.3 is 0 Å². The van der Waals surface area contributed by atoms with Crippen molar-refractivity contribution >= 4 is 16.3 Å². The first-order valence-corrected chi connectivity index (χ1v) is 13.0. The summed E-state index contributed by atoms with van der Waals surface area (Å²) in [7, 11) is 0. The lowest BCUT2D eigenvalue weighted by molar-refractivity contribution is -0.0696. The first kappa shape index (κ1) is 26.6. The molecule has 2 aromatic rings. The molecular formula is C30H32F6. The molecule has 0 nitrogen and oxygen atoms in total. The highest BCUT2D eigenvalue weighted by Crippen LogP contribution is 2.39. The maximum Gasteiger partial charge on any atom is 0.458 e. The molecule has 2 aliphatic carbocycles. The molecule has 0 N–H and O–H groups in total. The van der Waals surface area contributed by atoms with E-state index in [-0.39, 0.29) is 5.39 Å². The molecule has 2 aromatic carbocycles. The summed E-state index contributed by atoms with van der Waals surface area (Å²) in [5.74, 6) is 1.06. The van der Waals surface area contributed by atoms with Gasteiger partial charge in [-0.05, 0) is 78.2 Å². The molecule has 4 rings (SSSR count). The normalized spacial score (nSPS) is 22.8. The average molecular weight is 507 g/mol. The fourth-order valence-corrected chi connectivity index (χ4v) is 5.95. The molecule has 0 heterocycles. The molecule has 0 aromatic heterocycles. The van der Waals surface area contributed by atoms with E-state index >= 15 is 0 Å². The summed E-state index contributed by atoms with van der Waals surface area (Å²) >= 11 is 0. The van der Waals surface area contributed by atoms with Crippen LogP contribution in [-0.4, -0.2) is 6.18 Å². The molecule has 6 heteroatoms. The number of rotatable bonds is 6. The smallest absolute Gasteiger partial charge is 0.206 e. The fraction of sp³-hybridized carbons (Fsp3) is 0.533. The van der Waals surface area contributed by atoms with Gasteiger partial charge in [-0.3, -0.25) is 0 Å². The Labute approximate surface area is 209 Å². The zero-order chi connectivity index (χ0) is 25.9. The molecule has 2 aliphatic rings. The lowest BCUT2D eigenvalue weighted by Crippen LogP contribution is -2.16. The summed E-state index contributed by atoms with van der Waals surface area (Å²) in [5.41, 5.74) is 0.416. The van der Waals surface area contributed by atoms with Crippen LogP contribution >= 0.6 is 0 Å². The van der Waals surface area contributed by atoms with Gasteiger partial charge in [-0.2, -0.15) is 13.2 Å². The maximum atomic E-state index is 14.9. The van der Waals surface area contributed by atoms with Crippen molar-refractivity contribution in [1.29, 1.82) is 0 Å². The van der Waals surface area contributed by atoms with Gasteiger partial charge in [-0.25, -0.2) is 13.2 Å². The summed E-state index contributed by atoms with van der Waals surface area (Å²) in [6, 6.07) is 3.55. The average Bonchev–Trinajstić information content (AvgIpc) is 2.83. The Balaban J connectivity index is 1.43. The number of hydrogen-bond acceptors (Lipinski definition) is 0. The summed E-state index contributed by atoms with van der Waals surface area (Å²) in [6.45, 7) is 2.26. The highest BCUT2D eigenvalue weighted by molar-refractivity contribution is 5.89. The molecule has 0 saturated heterocycles. The highest BCUT2D eigenvalue weighted by atomic mass is 19.4. The predicted molar refractivity (Wildman–Crippen MR) is 132 cm³/mol. The monoisotopic (exact) mass is 506 g/mol. The van der Waals surface area contributed by atoms with Crippen LogP contribution in [0.3, 0.4) is 0 Å². The van der Waals surface area contributed by atoms with E-state index in [1.807, 2.05) is 0 Å². The second-order valence-electron chi connectivity index (χ2n) is 10.5. The van der Waals surface area contributed by atoms with E-state index < -0.39 is 34.6 Å². The number of benzene rings is 2. The third-order valence-corrected chi connectivity index (χ3v) is 7.95. The van der Waals surface area contributed by atoms with Crippen molar-refractivity contribution < 1.29 is 26.3 Å². The standard InChI is InChI=1S/C30H32F6/c1-2-3-19-4-6-20(7-5-19)8-9-21-10-12-22(13-11-21)23-16-24-18-26(31)25(14-15-30(34,35)36)29(33)28(24)27(32)17-23/h12,16-21H,2-11,13H2,1H3. The molecule has 1 unspecified atom stereocenters. The summed E-state index contributed by atoms with van der Waals surface area (Å²) in [6.07, 6.45) is 10.3. The van der Waals surface area contributed by atoms with Crippen molar-refractivity contribution in [1.82, 2.24) is 0 Å². The van der Waals surface area contributed by atoms with Gasteiger partial charge in [0.15, 0.2) is 5.82 Å². The van der Waals surface area contributed by atoms with E-state index in [0.717, 1.165) is 48.7 Å². The number of allylic oxidation sites excluding steroid dienone is 2. The Bertz CT molecular complexity index is 1170. The van der Waals surface area contributed by atoms with E-state index in [1.165, 1.54) is 69.4 Å². The number of hydrogen-bond donors (Lipinski definition) is 0. The van der Waals surface area contributed by atoms with Gasteiger partial charge in [0.2, 0.25) is 0 Å². The summed E-state index contributed by atoms with van der Waals surface area (Å²) < 4.78 is 81.1. The van der Waals surface area contributed by atoms with Crippen molar-refractivity contribution in [2.75, 3.05) is 0 Å². The van der Waals surface area contributed by atoms with Gasteiger partial charge in [-0.1, -0.05) is 63.9 Å². The molecule has 1 atom stereocenters. The van der Waals surface area contributed by atoms with E-state index in [1.54, 1.807) is 0 Å². The van der Waals surface area contributed by atoms with Gasteiger partial charge in [-0.15, -0.1) is 0 Å². The van der Waals surface area contributed by atoms with Crippen LogP contribution in [0.4, 0.5) is 26.3 Å². The summed E-state index contributed by atoms with van der Waals surface area (Å²) in [4.78, 5) is 0. The first-order chi connectivity index (χ1) is 17.1. The van der Waals surface area contributed by atoms with Crippen LogP contribution in [-0.2, 0) is 0 Å². The Kier molecular flexibility index (Phi) is 8.37. The molecule has 194 valence electrons. The Hall–Kier alpha value is -2.42. The quantitative estimate of drug-likeness (QED) is 0.270. The van der Waals surface area contributed by atoms with Gasteiger partial charge in [0.1, 0.15) is 11.6 Å². The molecule has 36 heavy (non-hydrogen) atoms. The van der Waals surface area contributed by atoms with Gasteiger partial charge in [0.25, 0.3) is 0 Å². The van der Waals surface area contributed by atoms with E-state index in [2.05, 4.69) is 13.0 Å². The van der Waals surface area contributed by atoms with Gasteiger partial charge in [0.05, 0.1) is 10.9 Å². The van der Waals surface area contributed by atoms with Crippen LogP contribution in [0.5, 0.6) is 0 Å². The topological polar surface area (TPSA) is 0 Å². The lowest BCUT2D eigenvalue weighted by Gasteiger charge is -2.30. The molecule has 0 bridgehead atoms. The Morgan fingerprint density at radius 2 is 1.50 bits per heavy atom. The molecule has 1 saturated carbocycles. The zero-order valence-corrected chi connectivity index (χ0v) is 20.6. The number of fused-ring (bicyclic) bond motifs is 1. The Morgan fingerprint density at radius 3 is 2.11 bits per heavy atom. The minimum absolute atomic E-state index is 0.0285. The van der Waals surface area contributed by atoms with Crippen LogP contribution in [0.15, 0.2) is 24.3 Å². The van der Waals surface area contributed by atoms with E-state index in [4.69, 9.17) is 0 Å². The number of alkyl halides is 3. The fourth-order valence-electron chi connectivity index (χ4n) is 5.95. The molecule has 0 amide bonds. The van der Waals surface area contributed by atoms with Crippen molar-refractivity contribution in [2.24, 2.45) is 17.8 Å². The minimum Gasteiger partial charge on any atom is -0.206 e. The van der Waals surface area contributed by atoms with E-state index in [0.29, 0.717) is 11.5 Å². The van der Waals surface area contributed by atoms with Crippen LogP contribution in [0.1, 0.15) is 88.7 Å². The van der Waals surface area contributed by atoms with E-state index in [9.17, 15) is 26.3 Å². The second-order valence-corrected chi connectivity index (χ2v) is 10.5. The van der Waals surface area contributed by atoms with Gasteiger partial charge in [0, 0.05) is 5.92 Å². The molecule has 0 spiro atoms. The first-order valence-electron chi connectivity index (χ1n) is 13.0. The predicted octanol–water partition coefficient (Wildman–Crippen LogP) is 9.74. The van der Waals surface area contributed by atoms with Crippen molar-refractivity contribution in [2.45, 2.75) is 83.7 Å². The van der Waals surface area contributed by atoms with Gasteiger partial charge >= 0.3 is 6.18 Å². The Morgan fingerprint density at radius 1 is 0.833 bits per heavy atom. The molecule has 1 fully saturated rings. The minimum atomic E-state index is -4.91. The summed E-state index contributed by atoms with van der Waals surface area (Å²) in [5, 5.41) is -0.575. The van der Waals surface area contributed by atoms with Crippen molar-refractivity contribution in [3.05, 3.63) is 52.9 Å². The molecule has 0 aliphatic heterocycles. The third kappa shape index (κ3) is 6.47. The molecule has 0 radical (unpaired) electrons. The van der Waals surface area contributed by atoms with Crippen LogP contribution in [0.25, 0.3) is 16.3 Å². The second kappa shape index (κ2) is 11.3. The van der Waals surface area contributed by atoms with Crippen LogP contribution < -0.4 is 0 Å². The highest BCUT2D eigenvalue weighted by Gasteiger charge is 2.25. The number of halogens is 6. The lowest BCUT2D eigenvalue weighted by atomic mass is 9.76. The maximum absolute atomic E-state index is 14.9. The SMILES string of the molecule is CCCC1CCC(CCC2CC=C(c3cc(F)c4c(F)c(C#CC(F)(F)F)c(F)cc4c3)CC2)CC1. The third-order valence-electron chi connectivity index (χ3n) is 7.95. The van der Waals surface area contributed by atoms with Crippen molar-refractivity contribution in [3.63, 3.8) is 0 Å². The van der Waals surface area contributed by atoms with Crippen LogP contribution in [0.2, 0.25) is 0 Å². The molecular weight excluding hydrogens is 474 g/mol. The van der Waals surface area contributed by atoms with Crippen LogP contribution in [0, 0.1) is 47.0 Å². The zero-order valence-electron chi connectivity index (χ0n) is 20.6.